The number of imide groups is 1. The van der Waals surface area contributed by atoms with Crippen LogP contribution in [0.3, 0.4) is 0 Å². The Kier molecular flexibility index (Phi) is 7.90. The molecule has 2 aromatic carbocycles. The third-order valence-electron chi connectivity index (χ3n) is 5.70. The second kappa shape index (κ2) is 11.0. The van der Waals surface area contributed by atoms with Crippen molar-refractivity contribution >= 4 is 45.1 Å². The maximum atomic E-state index is 13.1. The van der Waals surface area contributed by atoms with Gasteiger partial charge >= 0.3 is 12.2 Å². The Bertz CT molecular complexity index is 1430. The van der Waals surface area contributed by atoms with Crippen molar-refractivity contribution in [1.29, 1.82) is 0 Å². The van der Waals surface area contributed by atoms with Gasteiger partial charge in [-0.1, -0.05) is 29.8 Å². The van der Waals surface area contributed by atoms with Gasteiger partial charge in [0.1, 0.15) is 5.82 Å². The van der Waals surface area contributed by atoms with E-state index in [1.807, 2.05) is 0 Å². The molecule has 200 valence electrons. The number of aromatic nitrogens is 1. The number of rotatable bonds is 5. The molecule has 4 rings (SSSR count). The second-order valence-corrected chi connectivity index (χ2v) is 10.6. The summed E-state index contributed by atoms with van der Waals surface area (Å²) < 4.78 is 66.0. The van der Waals surface area contributed by atoms with Gasteiger partial charge in [-0.15, -0.1) is 0 Å². The zero-order valence-electron chi connectivity index (χ0n) is 19.6. The molecule has 2 heterocycles. The van der Waals surface area contributed by atoms with Crippen molar-refractivity contribution in [2.75, 3.05) is 36.4 Å². The highest BCUT2D eigenvalue weighted by atomic mass is 35.5. The van der Waals surface area contributed by atoms with Crippen molar-refractivity contribution in [2.24, 2.45) is 0 Å². The first-order valence-electron chi connectivity index (χ1n) is 11.2. The Morgan fingerprint density at radius 2 is 1.58 bits per heavy atom. The quantitative estimate of drug-likeness (QED) is 0.477. The van der Waals surface area contributed by atoms with Crippen LogP contribution in [0.15, 0.2) is 71.8 Å². The van der Waals surface area contributed by atoms with Crippen molar-refractivity contribution < 1.29 is 31.2 Å². The number of urea groups is 1. The van der Waals surface area contributed by atoms with Crippen molar-refractivity contribution in [3.8, 4) is 0 Å². The Balaban J connectivity index is 1.35. The number of halogens is 4. The highest BCUT2D eigenvalue weighted by molar-refractivity contribution is 7.89. The Hall–Kier alpha value is -3.68. The molecule has 0 radical (unpaired) electrons. The van der Waals surface area contributed by atoms with Crippen LogP contribution in [0.2, 0.25) is 5.02 Å². The zero-order valence-corrected chi connectivity index (χ0v) is 21.1. The first-order chi connectivity index (χ1) is 17.9. The van der Waals surface area contributed by atoms with Gasteiger partial charge in [-0.05, 0) is 42.5 Å². The van der Waals surface area contributed by atoms with E-state index in [1.165, 1.54) is 28.6 Å². The van der Waals surface area contributed by atoms with Gasteiger partial charge < -0.3 is 10.2 Å². The summed E-state index contributed by atoms with van der Waals surface area (Å²) in [5.74, 6) is -0.439. The summed E-state index contributed by atoms with van der Waals surface area (Å²) in [6.45, 7) is 0.468. The molecular formula is C24H21ClF3N5O4S. The summed E-state index contributed by atoms with van der Waals surface area (Å²) in [4.78, 5) is 29.6. The van der Waals surface area contributed by atoms with Crippen LogP contribution in [0.1, 0.15) is 15.9 Å². The van der Waals surface area contributed by atoms with Gasteiger partial charge in [0.25, 0.3) is 5.91 Å². The van der Waals surface area contributed by atoms with E-state index in [1.54, 1.807) is 35.2 Å². The van der Waals surface area contributed by atoms with Crippen LogP contribution in [0.4, 0.5) is 29.5 Å². The van der Waals surface area contributed by atoms with Gasteiger partial charge in [-0.25, -0.2) is 18.2 Å². The monoisotopic (exact) mass is 567 g/mol. The number of nitrogens with one attached hydrogen (secondary N) is 2. The molecule has 3 amide bonds. The number of amides is 3. The van der Waals surface area contributed by atoms with Crippen molar-refractivity contribution in [1.82, 2.24) is 14.6 Å². The third-order valence-corrected chi connectivity index (χ3v) is 7.89. The number of carbonyl (C=O) groups is 2. The fraction of sp³-hybridized carbons (Fsp3) is 0.208. The molecule has 1 aromatic heterocycles. The third kappa shape index (κ3) is 6.23. The summed E-state index contributed by atoms with van der Waals surface area (Å²) in [6, 6.07) is 13.6. The van der Waals surface area contributed by atoms with E-state index < -0.39 is 33.7 Å². The number of piperazine rings is 1. The van der Waals surface area contributed by atoms with E-state index in [0.29, 0.717) is 11.8 Å². The number of carbonyl (C=O) groups excluding carboxylic acids is 2. The first kappa shape index (κ1) is 27.4. The number of hydrogen-bond acceptors (Lipinski definition) is 6. The van der Waals surface area contributed by atoms with Gasteiger partial charge in [-0.3, -0.25) is 10.1 Å². The number of pyridine rings is 1. The van der Waals surface area contributed by atoms with Crippen LogP contribution in [0.25, 0.3) is 0 Å². The molecule has 1 aliphatic rings. The molecule has 0 aliphatic carbocycles. The summed E-state index contributed by atoms with van der Waals surface area (Å²) in [5.41, 5.74) is -0.388. The van der Waals surface area contributed by atoms with Gasteiger partial charge in [0, 0.05) is 43.6 Å². The molecule has 38 heavy (non-hydrogen) atoms. The van der Waals surface area contributed by atoms with E-state index in [2.05, 4.69) is 15.6 Å². The fourth-order valence-corrected chi connectivity index (χ4v) is 5.45. The lowest BCUT2D eigenvalue weighted by Gasteiger charge is -2.35. The topological polar surface area (TPSA) is 112 Å². The average molecular weight is 568 g/mol. The average Bonchev–Trinajstić information content (AvgIpc) is 2.89. The van der Waals surface area contributed by atoms with E-state index in [-0.39, 0.29) is 47.6 Å². The Morgan fingerprint density at radius 1 is 0.947 bits per heavy atom. The molecule has 0 spiro atoms. The van der Waals surface area contributed by atoms with Crippen LogP contribution in [0, 0.1) is 0 Å². The Labute approximate surface area is 221 Å². The zero-order chi connectivity index (χ0) is 27.5. The van der Waals surface area contributed by atoms with E-state index in [0.717, 1.165) is 6.07 Å². The van der Waals surface area contributed by atoms with Crippen LogP contribution in [0.5, 0.6) is 0 Å². The van der Waals surface area contributed by atoms with E-state index in [9.17, 15) is 31.2 Å². The summed E-state index contributed by atoms with van der Waals surface area (Å²) >= 11 is 6.01. The number of nitrogens with zero attached hydrogens (tertiary/aromatic N) is 3. The predicted molar refractivity (Wildman–Crippen MR) is 135 cm³/mol. The van der Waals surface area contributed by atoms with E-state index in [4.69, 9.17) is 11.6 Å². The number of anilines is 2. The number of sulfonamides is 1. The molecule has 1 aliphatic heterocycles. The van der Waals surface area contributed by atoms with Crippen molar-refractivity contribution in [3.05, 3.63) is 83.0 Å². The fourth-order valence-electron chi connectivity index (χ4n) is 3.75. The molecule has 0 unspecified atom stereocenters. The standard InChI is InChI=1S/C24H21ClF3N5O4S/c25-20-14-17(24(26,27)28)15-29-21(20)32-10-12-33(13-11-32)38(36,37)19-8-6-18(7-9-19)30-23(35)31-22(34)16-4-2-1-3-5-16/h1-9,14-15H,10-13H2,(H2,30,31,34,35). The molecule has 0 saturated carbocycles. The maximum Gasteiger partial charge on any atom is 0.417 e. The minimum atomic E-state index is -4.57. The molecule has 1 saturated heterocycles. The summed E-state index contributed by atoms with van der Waals surface area (Å²) in [7, 11) is -3.88. The SMILES string of the molecule is O=C(NC(=O)c1ccccc1)Nc1ccc(S(=O)(=O)N2CCN(c3ncc(C(F)(F)F)cc3Cl)CC2)cc1. The lowest BCUT2D eigenvalue weighted by Crippen LogP contribution is -2.49. The predicted octanol–water partition coefficient (Wildman–Crippen LogP) is 4.23. The first-order valence-corrected chi connectivity index (χ1v) is 13.0. The van der Waals surface area contributed by atoms with E-state index >= 15 is 0 Å². The van der Waals surface area contributed by atoms with Crippen LogP contribution >= 0.6 is 11.6 Å². The minimum Gasteiger partial charge on any atom is -0.353 e. The Morgan fingerprint density at radius 3 is 2.16 bits per heavy atom. The highest BCUT2D eigenvalue weighted by Crippen LogP contribution is 2.34. The van der Waals surface area contributed by atoms with Crippen molar-refractivity contribution in [2.45, 2.75) is 11.1 Å². The smallest absolute Gasteiger partial charge is 0.353 e. The lowest BCUT2D eigenvalue weighted by molar-refractivity contribution is -0.137. The molecule has 14 heteroatoms. The number of benzene rings is 2. The van der Waals surface area contributed by atoms with Gasteiger partial charge in [0.15, 0.2) is 0 Å². The molecule has 0 bridgehead atoms. The number of alkyl halides is 3. The molecule has 0 atom stereocenters. The van der Waals surface area contributed by atoms with Crippen LogP contribution in [-0.2, 0) is 16.2 Å². The van der Waals surface area contributed by atoms with Crippen molar-refractivity contribution in [3.63, 3.8) is 0 Å². The van der Waals surface area contributed by atoms with Gasteiger partial charge in [0.2, 0.25) is 10.0 Å². The maximum absolute atomic E-state index is 13.1. The molecule has 2 N–H and O–H groups in total. The van der Waals surface area contributed by atoms with Gasteiger partial charge in [-0.2, -0.15) is 17.5 Å². The molecular weight excluding hydrogens is 547 g/mol. The highest BCUT2D eigenvalue weighted by Gasteiger charge is 2.33. The van der Waals surface area contributed by atoms with Gasteiger partial charge in [0.05, 0.1) is 15.5 Å². The minimum absolute atomic E-state index is 0.0112. The number of hydrogen-bond donors (Lipinski definition) is 2. The summed E-state index contributed by atoms with van der Waals surface area (Å²) in [6.07, 6.45) is -3.88. The van der Waals surface area contributed by atoms with Crippen LogP contribution in [-0.4, -0.2) is 55.8 Å². The lowest BCUT2D eigenvalue weighted by atomic mass is 10.2. The molecule has 1 fully saturated rings. The molecule has 9 nitrogen and oxygen atoms in total. The second-order valence-electron chi connectivity index (χ2n) is 8.22. The normalized spacial score (nSPS) is 14.7. The largest absolute Gasteiger partial charge is 0.417 e. The van der Waals surface area contributed by atoms with Crippen LogP contribution < -0.4 is 15.5 Å². The summed E-state index contributed by atoms with van der Waals surface area (Å²) in [5, 5.41) is 4.48. The molecule has 3 aromatic rings.